The van der Waals surface area contributed by atoms with Crippen LogP contribution in [-0.2, 0) is 12.8 Å². The number of benzene rings is 2. The summed E-state index contributed by atoms with van der Waals surface area (Å²) < 4.78 is 23.9. The molecule has 0 spiro atoms. The fraction of sp³-hybridized carbons (Fsp3) is 0.556. The van der Waals surface area contributed by atoms with Crippen LogP contribution in [0.3, 0.4) is 0 Å². The molecule has 0 saturated carbocycles. The molecule has 0 fully saturated rings. The lowest BCUT2D eigenvalue weighted by Gasteiger charge is -2.15. The van der Waals surface area contributed by atoms with Crippen molar-refractivity contribution in [2.75, 3.05) is 20.8 Å². The molecule has 0 unspecified atom stereocenters. The van der Waals surface area contributed by atoms with Crippen LogP contribution in [0, 0.1) is 0 Å². The van der Waals surface area contributed by atoms with Crippen LogP contribution >= 0.6 is 31.9 Å². The maximum atomic E-state index is 8.95. The predicted octanol–water partition coefficient (Wildman–Crippen LogP) is 8.25. The lowest BCUT2D eigenvalue weighted by Crippen LogP contribution is -2.07. The van der Waals surface area contributed by atoms with Crippen LogP contribution in [0.2, 0.25) is 0 Å². The zero-order chi connectivity index (χ0) is 24.3. The van der Waals surface area contributed by atoms with E-state index < -0.39 is 0 Å². The quantitative estimate of drug-likeness (QED) is 0.295. The number of methoxy groups -OCH3 is 2. The largest absolute Gasteiger partial charge is 0.493 e. The second-order valence-electron chi connectivity index (χ2n) is 7.75. The van der Waals surface area contributed by atoms with Gasteiger partial charge in [-0.25, -0.2) is 0 Å². The number of aryl methyl sites for hydroxylation is 1. The van der Waals surface area contributed by atoms with Crippen molar-refractivity contribution in [2.45, 2.75) is 80.9 Å². The van der Waals surface area contributed by atoms with Crippen molar-refractivity contribution in [2.24, 2.45) is 0 Å². The van der Waals surface area contributed by atoms with Gasteiger partial charge in [-0.15, -0.1) is 0 Å². The van der Waals surface area contributed by atoms with Gasteiger partial charge in [-0.3, -0.25) is 0 Å². The number of ether oxygens (including phenoxy) is 4. The Morgan fingerprint density at radius 3 is 1.38 bits per heavy atom. The van der Waals surface area contributed by atoms with E-state index in [1.54, 1.807) is 14.2 Å². The minimum atomic E-state index is 0. The normalized spacial score (nSPS) is 10.0. The van der Waals surface area contributed by atoms with Gasteiger partial charge >= 0.3 is 0 Å². The van der Waals surface area contributed by atoms with Gasteiger partial charge in [-0.05, 0) is 75.9 Å². The number of halogens is 2. The fourth-order valence-electron chi connectivity index (χ4n) is 2.94. The molecule has 0 aliphatic heterocycles. The van der Waals surface area contributed by atoms with Crippen LogP contribution in [0.1, 0.15) is 67.0 Å². The van der Waals surface area contributed by atoms with Crippen LogP contribution in [0.15, 0.2) is 33.2 Å². The Balaban J connectivity index is 0. The highest BCUT2D eigenvalue weighted by Gasteiger charge is 2.12. The van der Waals surface area contributed by atoms with E-state index in [0.29, 0.717) is 17.9 Å². The summed E-state index contributed by atoms with van der Waals surface area (Å²) in [5.74, 6) is 3.01. The molecule has 2 aromatic rings. The first-order valence-electron chi connectivity index (χ1n) is 10.8. The second kappa shape index (κ2) is 17.9. The highest BCUT2D eigenvalue weighted by molar-refractivity contribution is 9.10. The monoisotopic (exact) mass is 606 g/mol. The number of hydrogen-bond donors (Lipinski definition) is 1. The third kappa shape index (κ3) is 11.3. The minimum Gasteiger partial charge on any atom is -0.493 e. The lowest BCUT2D eigenvalue weighted by molar-refractivity contribution is 0.229. The molecule has 7 heteroatoms. The van der Waals surface area contributed by atoms with Gasteiger partial charge < -0.3 is 24.1 Å². The van der Waals surface area contributed by atoms with Gasteiger partial charge in [0.25, 0.3) is 0 Å². The zero-order valence-corrected chi connectivity index (χ0v) is 23.3. The van der Waals surface area contributed by atoms with E-state index in [1.807, 2.05) is 45.9 Å². The molecule has 1 N–H and O–H groups in total. The Labute approximate surface area is 224 Å². The molecule has 0 amide bonds. The molecule has 0 atom stereocenters. The van der Waals surface area contributed by atoms with Gasteiger partial charge in [-0.1, -0.05) is 60.1 Å². The summed E-state index contributed by atoms with van der Waals surface area (Å²) in [5, 5.41) is 8.95. The maximum Gasteiger partial charge on any atom is 0.161 e. The first-order chi connectivity index (χ1) is 15.2. The van der Waals surface area contributed by atoms with Gasteiger partial charge in [0.1, 0.15) is 0 Å². The first-order valence-corrected chi connectivity index (χ1v) is 12.4. The summed E-state index contributed by atoms with van der Waals surface area (Å²) in [6.07, 6.45) is 3.01. The fourth-order valence-corrected chi connectivity index (χ4v) is 3.98. The first kappa shape index (κ1) is 34.7. The van der Waals surface area contributed by atoms with Gasteiger partial charge in [-0.2, -0.15) is 0 Å². The minimum absolute atomic E-state index is 0. The van der Waals surface area contributed by atoms with E-state index >= 15 is 0 Å². The third-order valence-electron chi connectivity index (χ3n) is 4.29. The number of aliphatic hydroxyl groups is 1. The summed E-state index contributed by atoms with van der Waals surface area (Å²) in [6.45, 7) is 10.2. The van der Waals surface area contributed by atoms with Gasteiger partial charge in [0, 0.05) is 15.6 Å². The predicted molar refractivity (Wildman–Crippen MR) is 151 cm³/mol. The molecule has 196 valence electrons. The molecule has 0 aliphatic rings. The highest BCUT2D eigenvalue weighted by Crippen LogP contribution is 2.35. The molecule has 0 bridgehead atoms. The van der Waals surface area contributed by atoms with Crippen LogP contribution in [0.25, 0.3) is 0 Å². The van der Waals surface area contributed by atoms with Crippen molar-refractivity contribution in [3.63, 3.8) is 0 Å². The molecule has 34 heavy (non-hydrogen) atoms. The van der Waals surface area contributed by atoms with Crippen molar-refractivity contribution in [1.82, 2.24) is 0 Å². The number of rotatable bonds is 10. The SMILES string of the molecule is C.C.CCCc1cc(OC(C)C)c(OC)cc1Br.COc1cc(Br)c(CCO)cc1OC(C)C. The van der Waals surface area contributed by atoms with Gasteiger partial charge in [0.15, 0.2) is 23.0 Å². The van der Waals surface area contributed by atoms with Crippen molar-refractivity contribution >= 4 is 31.9 Å². The zero-order valence-electron chi connectivity index (χ0n) is 20.1. The van der Waals surface area contributed by atoms with E-state index in [9.17, 15) is 0 Å². The molecule has 2 aromatic carbocycles. The molecule has 0 radical (unpaired) electrons. The average molecular weight is 608 g/mol. The molecule has 0 aliphatic carbocycles. The summed E-state index contributed by atoms with van der Waals surface area (Å²) in [6, 6.07) is 7.80. The van der Waals surface area contributed by atoms with E-state index in [4.69, 9.17) is 24.1 Å². The summed E-state index contributed by atoms with van der Waals surface area (Å²) in [5.41, 5.74) is 2.28. The number of aliphatic hydroxyl groups excluding tert-OH is 1. The highest BCUT2D eigenvalue weighted by atomic mass is 79.9. The third-order valence-corrected chi connectivity index (χ3v) is 5.77. The topological polar surface area (TPSA) is 57.2 Å². The van der Waals surface area contributed by atoms with Crippen molar-refractivity contribution in [1.29, 1.82) is 0 Å². The molecule has 2 rings (SSSR count). The molecular formula is C27H44Br2O5. The molecular weight excluding hydrogens is 564 g/mol. The van der Waals surface area contributed by atoms with Crippen molar-refractivity contribution in [3.05, 3.63) is 44.3 Å². The Bertz CT molecular complexity index is 769. The second-order valence-corrected chi connectivity index (χ2v) is 9.45. The van der Waals surface area contributed by atoms with E-state index in [1.165, 1.54) is 5.56 Å². The van der Waals surface area contributed by atoms with Crippen LogP contribution in [0.4, 0.5) is 0 Å². The molecule has 5 nitrogen and oxygen atoms in total. The van der Waals surface area contributed by atoms with Crippen LogP contribution in [-0.4, -0.2) is 38.1 Å². The summed E-state index contributed by atoms with van der Waals surface area (Å²) in [7, 11) is 3.27. The summed E-state index contributed by atoms with van der Waals surface area (Å²) in [4.78, 5) is 0. The molecule has 0 saturated heterocycles. The Kier molecular flexibility index (Phi) is 18.3. The van der Waals surface area contributed by atoms with Crippen LogP contribution in [0.5, 0.6) is 23.0 Å². The molecule has 0 heterocycles. The number of hydrogen-bond acceptors (Lipinski definition) is 5. The van der Waals surface area contributed by atoms with Gasteiger partial charge in [0.2, 0.25) is 0 Å². The van der Waals surface area contributed by atoms with Crippen molar-refractivity contribution < 1.29 is 24.1 Å². The Hall–Kier alpha value is -1.44. The van der Waals surface area contributed by atoms with Crippen molar-refractivity contribution in [3.8, 4) is 23.0 Å². The Morgan fingerprint density at radius 1 is 0.706 bits per heavy atom. The van der Waals surface area contributed by atoms with Gasteiger partial charge in [0.05, 0.1) is 26.4 Å². The summed E-state index contributed by atoms with van der Waals surface area (Å²) >= 11 is 7.00. The standard InChI is InChI=1S/C13H19BrO2.C12H17BrO3.2CH4/c1-5-6-10-7-13(16-9(2)3)12(15-4)8-11(10)14;1-8(2)16-12-6-9(4-5-14)10(13)7-11(12)15-3;;/h7-9H,5-6H2,1-4H3;6-8,14H,4-5H2,1-3H3;2*1H4. The van der Waals surface area contributed by atoms with E-state index in [0.717, 1.165) is 38.8 Å². The average Bonchev–Trinajstić information content (AvgIpc) is 2.72. The van der Waals surface area contributed by atoms with E-state index in [-0.39, 0.29) is 33.7 Å². The lowest BCUT2D eigenvalue weighted by atomic mass is 10.1. The Morgan fingerprint density at radius 2 is 1.09 bits per heavy atom. The smallest absolute Gasteiger partial charge is 0.161 e. The van der Waals surface area contributed by atoms with E-state index in [2.05, 4.69) is 44.8 Å². The maximum absolute atomic E-state index is 8.95. The molecule has 0 aromatic heterocycles. The van der Waals surface area contributed by atoms with Crippen LogP contribution < -0.4 is 18.9 Å².